The largest absolute Gasteiger partial charge is 0.352 e. The van der Waals surface area contributed by atoms with Gasteiger partial charge in [-0.3, -0.25) is 0 Å². The van der Waals surface area contributed by atoms with Crippen molar-refractivity contribution >= 4 is 21.4 Å². The van der Waals surface area contributed by atoms with Crippen LogP contribution in [0.25, 0.3) is 0 Å². The van der Waals surface area contributed by atoms with E-state index in [-0.39, 0.29) is 0 Å². The van der Waals surface area contributed by atoms with Crippen molar-refractivity contribution in [3.63, 3.8) is 0 Å². The van der Waals surface area contributed by atoms with Gasteiger partial charge in [0.05, 0.1) is 9.90 Å². The summed E-state index contributed by atoms with van der Waals surface area (Å²) in [5.74, 6) is 0. The Hall–Kier alpha value is -1.22. The Balaban J connectivity index is 2.00. The molecule has 0 spiro atoms. The maximum absolute atomic E-state index is 12.2. The summed E-state index contributed by atoms with van der Waals surface area (Å²) in [6.07, 6.45) is 3.95. The topological polar surface area (TPSA) is 76.0 Å². The Morgan fingerprint density at radius 3 is 2.90 bits per heavy atom. The van der Waals surface area contributed by atoms with Crippen LogP contribution in [0.2, 0.25) is 0 Å². The third-order valence-electron chi connectivity index (χ3n) is 2.87. The molecule has 0 amide bonds. The number of aryl methyl sites for hydroxylation is 1. The van der Waals surface area contributed by atoms with Gasteiger partial charge < -0.3 is 9.88 Å². The van der Waals surface area contributed by atoms with Gasteiger partial charge in [0.25, 0.3) is 0 Å². The second-order valence-electron chi connectivity index (χ2n) is 4.38. The van der Waals surface area contributed by atoms with E-state index in [2.05, 4.69) is 15.0 Å². The number of hydrogen-bond donors (Lipinski definition) is 2. The molecule has 0 bridgehead atoms. The molecule has 0 atom stereocenters. The summed E-state index contributed by atoms with van der Waals surface area (Å²) in [5, 5.41) is 5.82. The van der Waals surface area contributed by atoms with Crippen molar-refractivity contribution in [2.45, 2.75) is 17.9 Å². The summed E-state index contributed by atoms with van der Waals surface area (Å²) in [5.41, 5.74) is 0.924. The van der Waals surface area contributed by atoms with Gasteiger partial charge in [0.1, 0.15) is 0 Å². The summed E-state index contributed by atoms with van der Waals surface area (Å²) < 4.78 is 28.7. The van der Waals surface area contributed by atoms with Gasteiger partial charge in [0.2, 0.25) is 10.0 Å². The molecule has 0 aliphatic rings. The molecule has 2 heterocycles. The van der Waals surface area contributed by atoms with E-state index in [1.165, 1.54) is 11.3 Å². The van der Waals surface area contributed by atoms with E-state index in [0.29, 0.717) is 24.4 Å². The van der Waals surface area contributed by atoms with Crippen LogP contribution in [-0.4, -0.2) is 31.6 Å². The third-order valence-corrected chi connectivity index (χ3v) is 5.13. The lowest BCUT2D eigenvalue weighted by Crippen LogP contribution is -2.25. The van der Waals surface area contributed by atoms with Crippen molar-refractivity contribution in [2.75, 3.05) is 13.6 Å². The highest BCUT2D eigenvalue weighted by atomic mass is 32.2. The molecule has 0 saturated heterocycles. The average Bonchev–Trinajstić information content (AvgIpc) is 3.01. The zero-order valence-electron chi connectivity index (χ0n) is 11.5. The molecule has 110 valence electrons. The first kappa shape index (κ1) is 15.2. The van der Waals surface area contributed by atoms with Gasteiger partial charge in [-0.2, -0.15) is 0 Å². The smallest absolute Gasteiger partial charge is 0.242 e. The number of aromatic nitrogens is 2. The second-order valence-corrected chi connectivity index (χ2v) is 7.13. The van der Waals surface area contributed by atoms with Gasteiger partial charge in [-0.15, -0.1) is 11.3 Å². The van der Waals surface area contributed by atoms with Crippen LogP contribution in [0, 0.1) is 0 Å². The highest BCUT2D eigenvalue weighted by Gasteiger charge is 2.16. The molecular weight excluding hydrogens is 296 g/mol. The fraction of sp³-hybridized carbons (Fsp3) is 0.417. The van der Waals surface area contributed by atoms with Crippen molar-refractivity contribution in [3.8, 4) is 0 Å². The maximum atomic E-state index is 12.2. The third kappa shape index (κ3) is 3.66. The van der Waals surface area contributed by atoms with Gasteiger partial charge in [0.15, 0.2) is 0 Å². The Morgan fingerprint density at radius 2 is 2.25 bits per heavy atom. The molecule has 6 nitrogen and oxygen atoms in total. The Bertz CT molecular complexity index is 647. The van der Waals surface area contributed by atoms with Crippen molar-refractivity contribution in [3.05, 3.63) is 34.5 Å². The summed E-state index contributed by atoms with van der Waals surface area (Å²) in [6.45, 7) is 0.983. The predicted octanol–water partition coefficient (Wildman–Crippen LogP) is 0.722. The molecule has 0 aromatic carbocycles. The van der Waals surface area contributed by atoms with Crippen LogP contribution in [0.5, 0.6) is 0 Å². The van der Waals surface area contributed by atoms with Gasteiger partial charge >= 0.3 is 0 Å². The minimum absolute atomic E-state index is 0.296. The monoisotopic (exact) mass is 314 g/mol. The van der Waals surface area contributed by atoms with Crippen LogP contribution in [0.15, 0.2) is 28.7 Å². The normalized spacial score (nSPS) is 11.9. The summed E-state index contributed by atoms with van der Waals surface area (Å²) in [6, 6.07) is 1.68. The van der Waals surface area contributed by atoms with E-state index in [4.69, 9.17) is 0 Å². The fourth-order valence-corrected chi connectivity index (χ4v) is 3.58. The molecule has 8 heteroatoms. The molecule has 0 radical (unpaired) electrons. The van der Waals surface area contributed by atoms with Gasteiger partial charge in [-0.05, 0) is 13.1 Å². The molecule has 2 aromatic heterocycles. The Kier molecular flexibility index (Phi) is 4.92. The SMILES string of the molecule is CNCc1cc(S(=O)(=O)NCCc2nccs2)cn1C. The van der Waals surface area contributed by atoms with Crippen LogP contribution in [0.4, 0.5) is 0 Å². The molecule has 0 saturated carbocycles. The lowest BCUT2D eigenvalue weighted by Gasteiger charge is -2.03. The molecule has 0 fully saturated rings. The minimum atomic E-state index is -3.46. The van der Waals surface area contributed by atoms with Crippen molar-refractivity contribution in [1.82, 2.24) is 19.6 Å². The van der Waals surface area contributed by atoms with Gasteiger partial charge in [0, 0.05) is 50.0 Å². The Labute approximate surface area is 122 Å². The first-order valence-electron chi connectivity index (χ1n) is 6.21. The maximum Gasteiger partial charge on any atom is 0.242 e. The van der Waals surface area contributed by atoms with Crippen molar-refractivity contribution in [1.29, 1.82) is 0 Å². The highest BCUT2D eigenvalue weighted by Crippen LogP contribution is 2.13. The van der Waals surface area contributed by atoms with Crippen LogP contribution in [-0.2, 0) is 30.0 Å². The van der Waals surface area contributed by atoms with Gasteiger partial charge in [-0.25, -0.2) is 18.1 Å². The summed E-state index contributed by atoms with van der Waals surface area (Å²) >= 11 is 1.52. The molecular formula is C12H18N4O2S2. The highest BCUT2D eigenvalue weighted by molar-refractivity contribution is 7.89. The standard InChI is InChI=1S/C12H18N4O2S2/c1-13-8-10-7-11(9-16(10)2)20(17,18)15-4-3-12-14-5-6-19-12/h5-7,9,13,15H,3-4,8H2,1-2H3. The van der Waals surface area contributed by atoms with E-state index in [0.717, 1.165) is 10.7 Å². The Morgan fingerprint density at radius 1 is 1.45 bits per heavy atom. The number of nitrogens with one attached hydrogen (secondary N) is 2. The number of thiazole rings is 1. The van der Waals surface area contributed by atoms with Crippen molar-refractivity contribution in [2.24, 2.45) is 7.05 Å². The summed E-state index contributed by atoms with van der Waals surface area (Å²) in [7, 11) is 0.206. The number of sulfonamides is 1. The molecule has 0 aliphatic carbocycles. The van der Waals surface area contributed by atoms with E-state index in [1.807, 2.05) is 24.0 Å². The van der Waals surface area contributed by atoms with E-state index < -0.39 is 10.0 Å². The molecule has 2 N–H and O–H groups in total. The van der Waals surface area contributed by atoms with Crippen LogP contribution >= 0.6 is 11.3 Å². The first-order valence-corrected chi connectivity index (χ1v) is 8.57. The van der Waals surface area contributed by atoms with E-state index >= 15 is 0 Å². The number of nitrogens with zero attached hydrogens (tertiary/aromatic N) is 2. The molecule has 2 aromatic rings. The quantitative estimate of drug-likeness (QED) is 0.790. The van der Waals surface area contributed by atoms with Crippen LogP contribution in [0.1, 0.15) is 10.7 Å². The van der Waals surface area contributed by atoms with Crippen LogP contribution < -0.4 is 10.0 Å². The molecule has 0 aliphatic heterocycles. The van der Waals surface area contributed by atoms with E-state index in [1.54, 1.807) is 18.5 Å². The lowest BCUT2D eigenvalue weighted by molar-refractivity contribution is 0.581. The fourth-order valence-electron chi connectivity index (χ4n) is 1.83. The molecule has 2 rings (SSSR count). The first-order chi connectivity index (χ1) is 9.53. The van der Waals surface area contributed by atoms with Crippen molar-refractivity contribution < 1.29 is 8.42 Å². The molecule has 0 unspecified atom stereocenters. The lowest BCUT2D eigenvalue weighted by atomic mass is 10.4. The molecule has 20 heavy (non-hydrogen) atoms. The zero-order chi connectivity index (χ0) is 14.6. The average molecular weight is 314 g/mol. The van der Waals surface area contributed by atoms with Gasteiger partial charge in [-0.1, -0.05) is 0 Å². The summed E-state index contributed by atoms with van der Waals surface area (Å²) in [4.78, 5) is 4.42. The van der Waals surface area contributed by atoms with Crippen LogP contribution in [0.3, 0.4) is 0 Å². The second kappa shape index (κ2) is 6.49. The number of hydrogen-bond acceptors (Lipinski definition) is 5. The number of rotatable bonds is 7. The van der Waals surface area contributed by atoms with E-state index in [9.17, 15) is 8.42 Å². The minimum Gasteiger partial charge on any atom is -0.352 e. The predicted molar refractivity (Wildman–Crippen MR) is 79.2 cm³/mol. The zero-order valence-corrected chi connectivity index (χ0v) is 13.1.